The first-order valence-electron chi connectivity index (χ1n) is 7.03. The third-order valence-electron chi connectivity index (χ3n) is 4.32. The molecule has 3 unspecified atom stereocenters. The molecule has 0 saturated heterocycles. The van der Waals surface area contributed by atoms with Crippen molar-refractivity contribution in [3.8, 4) is 0 Å². The van der Waals surface area contributed by atoms with Crippen molar-refractivity contribution in [2.24, 2.45) is 11.8 Å². The summed E-state index contributed by atoms with van der Waals surface area (Å²) >= 11 is 6.03. The van der Waals surface area contributed by atoms with Crippen LogP contribution in [0.1, 0.15) is 38.0 Å². The number of furan rings is 1. The molecule has 1 heterocycles. The molecular weight excluding hydrogens is 258 g/mol. The number of halogens is 1. The zero-order valence-corrected chi connectivity index (χ0v) is 12.2. The van der Waals surface area contributed by atoms with Crippen LogP contribution >= 0.6 is 11.6 Å². The summed E-state index contributed by atoms with van der Waals surface area (Å²) in [5.74, 6) is 2.55. The predicted octanol–water partition coefficient (Wildman–Crippen LogP) is 4.78. The van der Waals surface area contributed by atoms with Crippen LogP contribution in [0.25, 0.3) is 11.0 Å². The van der Waals surface area contributed by atoms with Gasteiger partial charge in [0.1, 0.15) is 11.3 Å². The summed E-state index contributed by atoms with van der Waals surface area (Å²) < 4.78 is 6.00. The molecule has 2 nitrogen and oxygen atoms in total. The minimum Gasteiger partial charge on any atom is -0.459 e. The maximum Gasteiger partial charge on any atom is 0.134 e. The molecule has 0 radical (unpaired) electrons. The third-order valence-corrected chi connectivity index (χ3v) is 4.56. The zero-order valence-electron chi connectivity index (χ0n) is 11.4. The van der Waals surface area contributed by atoms with Crippen molar-refractivity contribution in [2.45, 2.75) is 32.2 Å². The van der Waals surface area contributed by atoms with Crippen molar-refractivity contribution in [2.75, 3.05) is 7.05 Å². The Labute approximate surface area is 119 Å². The second kappa shape index (κ2) is 5.18. The quantitative estimate of drug-likeness (QED) is 0.873. The smallest absolute Gasteiger partial charge is 0.134 e. The van der Waals surface area contributed by atoms with Gasteiger partial charge < -0.3 is 9.73 Å². The normalized spacial score (nSPS) is 25.0. The summed E-state index contributed by atoms with van der Waals surface area (Å²) in [4.78, 5) is 0. The van der Waals surface area contributed by atoms with Gasteiger partial charge in [-0.15, -0.1) is 0 Å². The van der Waals surface area contributed by atoms with E-state index in [-0.39, 0.29) is 0 Å². The van der Waals surface area contributed by atoms with Gasteiger partial charge in [-0.1, -0.05) is 24.9 Å². The van der Waals surface area contributed by atoms with Crippen LogP contribution in [0, 0.1) is 11.8 Å². The average Bonchev–Trinajstić information content (AvgIpc) is 2.96. The molecule has 2 aromatic rings. The monoisotopic (exact) mass is 277 g/mol. The standard InChI is InChI=1S/C16H20ClNO/c1-10-3-4-11(7-10)16(18-2)15-9-12-8-13(17)5-6-14(12)19-15/h5-6,8-11,16,18H,3-4,7H2,1-2H3. The number of hydrogen-bond acceptors (Lipinski definition) is 2. The molecule has 3 atom stereocenters. The van der Waals surface area contributed by atoms with E-state index in [2.05, 4.69) is 18.3 Å². The molecule has 0 aliphatic heterocycles. The molecule has 1 aromatic carbocycles. The van der Waals surface area contributed by atoms with Crippen molar-refractivity contribution >= 4 is 22.6 Å². The Hall–Kier alpha value is -0.990. The molecule has 1 aliphatic rings. The summed E-state index contributed by atoms with van der Waals surface area (Å²) in [5.41, 5.74) is 0.922. The van der Waals surface area contributed by atoms with E-state index in [1.54, 1.807) is 0 Å². The molecule has 0 amide bonds. The molecule has 0 bridgehead atoms. The second-order valence-corrected chi connectivity index (χ2v) is 6.21. The van der Waals surface area contributed by atoms with Crippen LogP contribution < -0.4 is 5.32 Å². The summed E-state index contributed by atoms with van der Waals surface area (Å²) in [6, 6.07) is 8.24. The molecular formula is C16H20ClNO. The first-order chi connectivity index (χ1) is 9.17. The molecule has 3 rings (SSSR count). The van der Waals surface area contributed by atoms with Gasteiger partial charge in [0.2, 0.25) is 0 Å². The highest BCUT2D eigenvalue weighted by Gasteiger charge is 2.30. The summed E-state index contributed by atoms with van der Waals surface area (Å²) in [5, 5.41) is 5.28. The highest BCUT2D eigenvalue weighted by molar-refractivity contribution is 6.31. The predicted molar refractivity (Wildman–Crippen MR) is 79.5 cm³/mol. The fraction of sp³-hybridized carbons (Fsp3) is 0.500. The van der Waals surface area contributed by atoms with Gasteiger partial charge >= 0.3 is 0 Å². The van der Waals surface area contributed by atoms with Gasteiger partial charge in [-0.25, -0.2) is 0 Å². The highest BCUT2D eigenvalue weighted by Crippen LogP contribution is 2.40. The molecule has 0 spiro atoms. The van der Waals surface area contributed by atoms with E-state index in [0.717, 1.165) is 27.7 Å². The topological polar surface area (TPSA) is 25.2 Å². The fourth-order valence-electron chi connectivity index (χ4n) is 3.35. The van der Waals surface area contributed by atoms with E-state index in [1.807, 2.05) is 25.2 Å². The van der Waals surface area contributed by atoms with Crippen LogP contribution in [-0.4, -0.2) is 7.05 Å². The van der Waals surface area contributed by atoms with Crippen molar-refractivity contribution in [3.63, 3.8) is 0 Å². The Morgan fingerprint density at radius 1 is 1.32 bits per heavy atom. The van der Waals surface area contributed by atoms with Crippen molar-refractivity contribution < 1.29 is 4.42 Å². The molecule has 1 aromatic heterocycles. The Morgan fingerprint density at radius 3 is 2.84 bits per heavy atom. The molecule has 3 heteroatoms. The molecule has 102 valence electrons. The number of rotatable bonds is 3. The van der Waals surface area contributed by atoms with Gasteiger partial charge in [-0.3, -0.25) is 0 Å². The van der Waals surface area contributed by atoms with E-state index in [0.29, 0.717) is 12.0 Å². The summed E-state index contributed by atoms with van der Waals surface area (Å²) in [6.07, 6.45) is 3.89. The van der Waals surface area contributed by atoms with E-state index < -0.39 is 0 Å². The van der Waals surface area contributed by atoms with Crippen molar-refractivity contribution in [3.05, 3.63) is 35.0 Å². The summed E-state index contributed by atoms with van der Waals surface area (Å²) in [6.45, 7) is 2.34. The molecule has 1 N–H and O–H groups in total. The minimum absolute atomic E-state index is 0.316. The maximum atomic E-state index is 6.03. The average molecular weight is 278 g/mol. The SMILES string of the molecule is CNC(c1cc2cc(Cl)ccc2o1)C1CCC(C)C1. The lowest BCUT2D eigenvalue weighted by atomic mass is 9.95. The van der Waals surface area contributed by atoms with Gasteiger partial charge in [-0.05, 0) is 56.0 Å². The van der Waals surface area contributed by atoms with Crippen LogP contribution in [0.3, 0.4) is 0 Å². The molecule has 1 aliphatic carbocycles. The number of benzene rings is 1. The van der Waals surface area contributed by atoms with E-state index >= 15 is 0 Å². The van der Waals surface area contributed by atoms with Crippen LogP contribution in [0.4, 0.5) is 0 Å². The zero-order chi connectivity index (χ0) is 13.4. The fourth-order valence-corrected chi connectivity index (χ4v) is 3.53. The first-order valence-corrected chi connectivity index (χ1v) is 7.41. The lowest BCUT2D eigenvalue weighted by Crippen LogP contribution is -2.23. The van der Waals surface area contributed by atoms with Crippen molar-refractivity contribution in [1.82, 2.24) is 5.32 Å². The molecule has 1 fully saturated rings. The number of hydrogen-bond donors (Lipinski definition) is 1. The van der Waals surface area contributed by atoms with E-state index in [4.69, 9.17) is 16.0 Å². The Kier molecular flexibility index (Phi) is 3.55. The first kappa shape index (κ1) is 13.0. The van der Waals surface area contributed by atoms with Crippen LogP contribution in [0.15, 0.2) is 28.7 Å². The van der Waals surface area contributed by atoms with Crippen LogP contribution in [0.2, 0.25) is 5.02 Å². The van der Waals surface area contributed by atoms with Crippen LogP contribution in [-0.2, 0) is 0 Å². The maximum absolute atomic E-state index is 6.03. The Morgan fingerprint density at radius 2 is 2.16 bits per heavy atom. The Balaban J connectivity index is 1.92. The minimum atomic E-state index is 0.316. The Bertz CT molecular complexity index is 577. The van der Waals surface area contributed by atoms with Gasteiger partial charge in [0.15, 0.2) is 0 Å². The number of nitrogens with one attached hydrogen (secondary N) is 1. The van der Waals surface area contributed by atoms with E-state index in [9.17, 15) is 0 Å². The molecule has 19 heavy (non-hydrogen) atoms. The highest BCUT2D eigenvalue weighted by atomic mass is 35.5. The van der Waals surface area contributed by atoms with Gasteiger partial charge in [0, 0.05) is 10.4 Å². The van der Waals surface area contributed by atoms with Crippen molar-refractivity contribution in [1.29, 1.82) is 0 Å². The van der Waals surface area contributed by atoms with Gasteiger partial charge in [0.05, 0.1) is 6.04 Å². The second-order valence-electron chi connectivity index (χ2n) is 5.78. The van der Waals surface area contributed by atoms with Gasteiger partial charge in [-0.2, -0.15) is 0 Å². The van der Waals surface area contributed by atoms with Gasteiger partial charge in [0.25, 0.3) is 0 Å². The summed E-state index contributed by atoms with van der Waals surface area (Å²) in [7, 11) is 2.02. The van der Waals surface area contributed by atoms with Crippen LogP contribution in [0.5, 0.6) is 0 Å². The lowest BCUT2D eigenvalue weighted by molar-refractivity contribution is 0.330. The largest absolute Gasteiger partial charge is 0.459 e. The number of fused-ring (bicyclic) bond motifs is 1. The third kappa shape index (κ3) is 2.52. The van der Waals surface area contributed by atoms with E-state index in [1.165, 1.54) is 19.3 Å². The molecule has 1 saturated carbocycles. The lowest BCUT2D eigenvalue weighted by Gasteiger charge is -2.20.